The smallest absolute Gasteiger partial charge is 0.374 e. The molecule has 2 atom stereocenters. The third-order valence-electron chi connectivity index (χ3n) is 3.87. The molecule has 4 nitrogen and oxygen atoms in total. The number of ether oxygens (including phenoxy) is 1. The van der Waals surface area contributed by atoms with Crippen molar-refractivity contribution in [2.24, 2.45) is 0 Å². The van der Waals surface area contributed by atoms with Crippen LogP contribution in [-0.4, -0.2) is 40.0 Å². The minimum Gasteiger partial charge on any atom is -0.374 e. The van der Waals surface area contributed by atoms with Gasteiger partial charge in [0.2, 0.25) is 0 Å². The van der Waals surface area contributed by atoms with Crippen molar-refractivity contribution in [3.63, 3.8) is 0 Å². The molecule has 2 fully saturated rings. The molecule has 2 aliphatic heterocycles. The molecule has 1 N–H and O–H groups in total. The summed E-state index contributed by atoms with van der Waals surface area (Å²) >= 11 is 1.89. The van der Waals surface area contributed by atoms with E-state index in [1.165, 1.54) is 6.07 Å². The van der Waals surface area contributed by atoms with Crippen molar-refractivity contribution < 1.29 is 17.9 Å². The summed E-state index contributed by atoms with van der Waals surface area (Å²) < 4.78 is 43.2. The molecule has 2 saturated heterocycles. The van der Waals surface area contributed by atoms with Crippen LogP contribution in [0.3, 0.4) is 0 Å². The largest absolute Gasteiger partial charge is 0.435 e. The second-order valence-electron chi connectivity index (χ2n) is 5.47. The zero-order valence-electron chi connectivity index (χ0n) is 11.3. The zero-order valence-corrected chi connectivity index (χ0v) is 12.1. The molecule has 21 heavy (non-hydrogen) atoms. The Morgan fingerprint density at radius 1 is 1.33 bits per heavy atom. The molecular weight excluding hydrogens is 303 g/mol. The Hall–Kier alpha value is -1.02. The standard InChI is InChI=1S/C13H16F3N3OS/c14-13(15,16)10-1-2-11(19-18-10)17-9-3-5-20-12(7-9)4-6-21-8-12/h1-2,9H,3-8H2,(H,17,19). The first kappa shape index (κ1) is 14.9. The Morgan fingerprint density at radius 3 is 2.81 bits per heavy atom. The maximum absolute atomic E-state index is 12.4. The van der Waals surface area contributed by atoms with Crippen LogP contribution in [0.4, 0.5) is 19.0 Å². The van der Waals surface area contributed by atoms with Crippen LogP contribution >= 0.6 is 11.8 Å². The number of anilines is 1. The molecular formula is C13H16F3N3OS. The fourth-order valence-corrected chi connectivity index (χ4v) is 4.16. The molecule has 3 rings (SSSR count). The first-order chi connectivity index (χ1) is 9.97. The lowest BCUT2D eigenvalue weighted by atomic mass is 9.90. The van der Waals surface area contributed by atoms with Gasteiger partial charge in [0, 0.05) is 18.4 Å². The molecule has 116 valence electrons. The quantitative estimate of drug-likeness (QED) is 0.908. The van der Waals surface area contributed by atoms with Crippen molar-refractivity contribution in [1.29, 1.82) is 0 Å². The minimum atomic E-state index is -4.45. The van der Waals surface area contributed by atoms with Crippen LogP contribution in [0.25, 0.3) is 0 Å². The lowest BCUT2D eigenvalue weighted by molar-refractivity contribution is -0.141. The SMILES string of the molecule is FC(F)(F)c1ccc(NC2CCOC3(CCSC3)C2)nn1. The molecule has 2 aliphatic rings. The van der Waals surface area contributed by atoms with Gasteiger partial charge in [-0.25, -0.2) is 0 Å². The third-order valence-corrected chi connectivity index (χ3v) is 5.09. The van der Waals surface area contributed by atoms with Crippen molar-refractivity contribution in [3.05, 3.63) is 17.8 Å². The van der Waals surface area contributed by atoms with Crippen molar-refractivity contribution >= 4 is 17.6 Å². The molecule has 2 unspecified atom stereocenters. The number of thioether (sulfide) groups is 1. The van der Waals surface area contributed by atoms with Gasteiger partial charge < -0.3 is 10.1 Å². The Labute approximate surface area is 124 Å². The highest BCUT2D eigenvalue weighted by molar-refractivity contribution is 7.99. The molecule has 0 amide bonds. The van der Waals surface area contributed by atoms with Gasteiger partial charge in [0.1, 0.15) is 5.82 Å². The van der Waals surface area contributed by atoms with Gasteiger partial charge >= 0.3 is 6.18 Å². The molecule has 1 aromatic rings. The van der Waals surface area contributed by atoms with Gasteiger partial charge in [-0.1, -0.05) is 0 Å². The van der Waals surface area contributed by atoms with Crippen molar-refractivity contribution in [2.75, 3.05) is 23.4 Å². The van der Waals surface area contributed by atoms with E-state index < -0.39 is 11.9 Å². The molecule has 8 heteroatoms. The zero-order chi connectivity index (χ0) is 14.9. The minimum absolute atomic E-state index is 0.0695. The summed E-state index contributed by atoms with van der Waals surface area (Å²) in [6, 6.07) is 2.46. The summed E-state index contributed by atoms with van der Waals surface area (Å²) in [5, 5.41) is 10.0. The van der Waals surface area contributed by atoms with E-state index in [2.05, 4.69) is 15.5 Å². The highest BCUT2D eigenvalue weighted by Gasteiger charge is 2.40. The summed E-state index contributed by atoms with van der Waals surface area (Å²) in [5.74, 6) is 2.48. The first-order valence-corrected chi connectivity index (χ1v) is 8.02. The van der Waals surface area contributed by atoms with E-state index >= 15 is 0 Å². The van der Waals surface area contributed by atoms with E-state index in [-0.39, 0.29) is 11.6 Å². The topological polar surface area (TPSA) is 47.0 Å². The van der Waals surface area contributed by atoms with Gasteiger partial charge in [0.25, 0.3) is 0 Å². The van der Waals surface area contributed by atoms with Crippen LogP contribution in [0.2, 0.25) is 0 Å². The van der Waals surface area contributed by atoms with Crippen LogP contribution in [0, 0.1) is 0 Å². The Kier molecular flexibility index (Phi) is 4.00. The normalized spacial score (nSPS) is 29.8. The van der Waals surface area contributed by atoms with E-state index in [1.54, 1.807) is 0 Å². The highest BCUT2D eigenvalue weighted by atomic mass is 32.2. The van der Waals surface area contributed by atoms with Gasteiger partial charge in [0.15, 0.2) is 5.69 Å². The Bertz CT molecular complexity index is 488. The molecule has 0 aliphatic carbocycles. The third kappa shape index (κ3) is 3.42. The number of alkyl halides is 3. The summed E-state index contributed by atoms with van der Waals surface area (Å²) in [4.78, 5) is 0. The van der Waals surface area contributed by atoms with Crippen molar-refractivity contribution in [3.8, 4) is 0 Å². The van der Waals surface area contributed by atoms with Crippen LogP contribution in [0.5, 0.6) is 0 Å². The fourth-order valence-electron chi connectivity index (χ4n) is 2.78. The lowest BCUT2D eigenvalue weighted by Gasteiger charge is -2.38. The van der Waals surface area contributed by atoms with E-state index in [4.69, 9.17) is 4.74 Å². The van der Waals surface area contributed by atoms with E-state index in [9.17, 15) is 13.2 Å². The molecule has 0 bridgehead atoms. The molecule has 1 spiro atoms. The number of aromatic nitrogens is 2. The predicted octanol–water partition coefficient (Wildman–Crippen LogP) is 2.96. The maximum Gasteiger partial charge on any atom is 0.435 e. The molecule has 3 heterocycles. The van der Waals surface area contributed by atoms with E-state index in [0.717, 1.165) is 36.8 Å². The fraction of sp³-hybridized carbons (Fsp3) is 0.692. The number of nitrogens with zero attached hydrogens (tertiary/aromatic N) is 2. The molecule has 1 aromatic heterocycles. The first-order valence-electron chi connectivity index (χ1n) is 6.86. The summed E-state index contributed by atoms with van der Waals surface area (Å²) in [5.41, 5.74) is -1.04. The summed E-state index contributed by atoms with van der Waals surface area (Å²) in [7, 11) is 0. The molecule has 0 radical (unpaired) electrons. The number of hydrogen-bond acceptors (Lipinski definition) is 5. The lowest BCUT2D eigenvalue weighted by Crippen LogP contribution is -2.44. The predicted molar refractivity (Wildman–Crippen MR) is 74.3 cm³/mol. The van der Waals surface area contributed by atoms with Crippen LogP contribution in [0.1, 0.15) is 25.0 Å². The molecule has 0 saturated carbocycles. The maximum atomic E-state index is 12.4. The number of hydrogen-bond donors (Lipinski definition) is 1. The van der Waals surface area contributed by atoms with Crippen LogP contribution < -0.4 is 5.32 Å². The average Bonchev–Trinajstić information content (AvgIpc) is 2.86. The van der Waals surface area contributed by atoms with Crippen LogP contribution in [0.15, 0.2) is 12.1 Å². The van der Waals surface area contributed by atoms with Gasteiger partial charge in [-0.05, 0) is 37.1 Å². The Morgan fingerprint density at radius 2 is 2.19 bits per heavy atom. The van der Waals surface area contributed by atoms with Crippen LogP contribution in [-0.2, 0) is 10.9 Å². The monoisotopic (exact) mass is 319 g/mol. The average molecular weight is 319 g/mol. The number of rotatable bonds is 2. The van der Waals surface area contributed by atoms with Gasteiger partial charge in [-0.2, -0.15) is 24.9 Å². The number of halogens is 3. The second-order valence-corrected chi connectivity index (χ2v) is 6.57. The van der Waals surface area contributed by atoms with Gasteiger partial charge in [-0.15, -0.1) is 10.2 Å². The highest BCUT2D eigenvalue weighted by Crippen LogP contribution is 2.38. The second kappa shape index (κ2) is 5.64. The van der Waals surface area contributed by atoms with Gasteiger partial charge in [-0.3, -0.25) is 0 Å². The van der Waals surface area contributed by atoms with Crippen molar-refractivity contribution in [1.82, 2.24) is 10.2 Å². The molecule has 0 aromatic carbocycles. The van der Waals surface area contributed by atoms with Crippen molar-refractivity contribution in [2.45, 2.75) is 37.1 Å². The van der Waals surface area contributed by atoms with E-state index in [1.807, 2.05) is 11.8 Å². The Balaban J connectivity index is 1.63. The summed E-state index contributed by atoms with van der Waals surface area (Å²) in [6.45, 7) is 0.673. The number of nitrogens with one attached hydrogen (secondary N) is 1. The van der Waals surface area contributed by atoms with E-state index in [0.29, 0.717) is 12.4 Å². The summed E-state index contributed by atoms with van der Waals surface area (Å²) in [6.07, 6.45) is -1.72. The van der Waals surface area contributed by atoms with Gasteiger partial charge in [0.05, 0.1) is 5.60 Å².